The number of carbonyl (C=O) groups excluding carboxylic acids is 1. The van der Waals surface area contributed by atoms with Crippen molar-refractivity contribution in [2.24, 2.45) is 0 Å². The van der Waals surface area contributed by atoms with Crippen molar-refractivity contribution in [3.05, 3.63) is 23.3 Å². The zero-order valence-electron chi connectivity index (χ0n) is 11.3. The summed E-state index contributed by atoms with van der Waals surface area (Å²) in [7, 11) is 0. The van der Waals surface area contributed by atoms with Gasteiger partial charge in [0.05, 0.1) is 0 Å². The highest BCUT2D eigenvalue weighted by Gasteiger charge is 2.12. The Bertz CT molecular complexity index is 664. The Balaban J connectivity index is 2.09. The zero-order valence-corrected chi connectivity index (χ0v) is 11.3. The van der Waals surface area contributed by atoms with Crippen LogP contribution in [0.15, 0.2) is 6.33 Å². The molecule has 0 aliphatic heterocycles. The average Bonchev–Trinajstić information content (AvgIpc) is 2.84. The molecule has 0 fully saturated rings. The Labute approximate surface area is 114 Å². The first-order valence-corrected chi connectivity index (χ1v) is 6.13. The molecule has 0 atom stereocenters. The summed E-state index contributed by atoms with van der Waals surface area (Å²) in [6.45, 7) is 3.38. The third-order valence-corrected chi connectivity index (χ3v) is 3.03. The highest BCUT2D eigenvalue weighted by molar-refractivity contribution is 5.81. The van der Waals surface area contributed by atoms with Crippen LogP contribution in [0.3, 0.4) is 0 Å². The summed E-state index contributed by atoms with van der Waals surface area (Å²) in [5, 5.41) is 14.9. The van der Waals surface area contributed by atoms with Crippen molar-refractivity contribution in [1.82, 2.24) is 24.9 Å². The molecule has 8 nitrogen and oxygen atoms in total. The molecule has 2 heterocycles. The number of hydrogen-bond acceptors (Lipinski definition) is 5. The lowest BCUT2D eigenvalue weighted by atomic mass is 10.1. The van der Waals surface area contributed by atoms with E-state index in [-0.39, 0.29) is 18.9 Å². The van der Waals surface area contributed by atoms with E-state index in [2.05, 4.69) is 20.4 Å². The largest absolute Gasteiger partial charge is 0.480 e. The topological polar surface area (TPSA) is 109 Å². The molecule has 0 radical (unpaired) electrons. The van der Waals surface area contributed by atoms with E-state index in [0.29, 0.717) is 12.2 Å². The Morgan fingerprint density at radius 2 is 2.15 bits per heavy atom. The molecule has 2 aromatic heterocycles. The van der Waals surface area contributed by atoms with Crippen LogP contribution in [0.4, 0.5) is 0 Å². The van der Waals surface area contributed by atoms with Crippen LogP contribution in [0.25, 0.3) is 5.78 Å². The fourth-order valence-corrected chi connectivity index (χ4v) is 2.02. The summed E-state index contributed by atoms with van der Waals surface area (Å²) < 4.78 is 1.62. The second-order valence-corrected chi connectivity index (χ2v) is 4.40. The van der Waals surface area contributed by atoms with Gasteiger partial charge in [0.15, 0.2) is 0 Å². The molecule has 20 heavy (non-hydrogen) atoms. The molecule has 0 aliphatic carbocycles. The number of aryl methyl sites for hydroxylation is 2. The van der Waals surface area contributed by atoms with E-state index in [1.165, 1.54) is 6.33 Å². The van der Waals surface area contributed by atoms with Gasteiger partial charge in [-0.2, -0.15) is 10.1 Å². The normalized spacial score (nSPS) is 10.7. The van der Waals surface area contributed by atoms with Crippen molar-refractivity contribution < 1.29 is 14.7 Å². The number of carboxylic acid groups (broad SMARTS) is 1. The number of amides is 1. The molecule has 0 aromatic carbocycles. The predicted molar refractivity (Wildman–Crippen MR) is 69.2 cm³/mol. The molecule has 0 saturated heterocycles. The number of fused-ring (bicyclic) bond motifs is 1. The van der Waals surface area contributed by atoms with E-state index in [1.807, 2.05) is 13.8 Å². The molecular weight excluding hydrogens is 262 g/mol. The Morgan fingerprint density at radius 1 is 1.40 bits per heavy atom. The fraction of sp³-hybridized carbons (Fsp3) is 0.417. The molecule has 2 N–H and O–H groups in total. The molecule has 0 spiro atoms. The smallest absolute Gasteiger partial charge is 0.322 e. The predicted octanol–water partition coefficient (Wildman–Crippen LogP) is -0.125. The van der Waals surface area contributed by atoms with Gasteiger partial charge in [0.25, 0.3) is 5.78 Å². The Kier molecular flexibility index (Phi) is 3.92. The summed E-state index contributed by atoms with van der Waals surface area (Å²) in [5.74, 6) is -0.833. The van der Waals surface area contributed by atoms with Crippen molar-refractivity contribution in [3.63, 3.8) is 0 Å². The first-order chi connectivity index (χ1) is 9.49. The van der Waals surface area contributed by atoms with Gasteiger partial charge in [0.2, 0.25) is 5.91 Å². The summed E-state index contributed by atoms with van der Waals surface area (Å²) in [6.07, 6.45) is 2.11. The molecule has 1 amide bonds. The number of nitrogens with one attached hydrogen (secondary N) is 1. The standard InChI is InChI=1S/C12H15N5O3/c1-7-9(3-4-10(18)13-5-11(19)20)8(2)17-12(16-7)14-6-15-17/h6H,3-5H2,1-2H3,(H,13,18)(H,19,20). The van der Waals surface area contributed by atoms with E-state index in [4.69, 9.17) is 5.11 Å². The van der Waals surface area contributed by atoms with Crippen molar-refractivity contribution in [2.75, 3.05) is 6.54 Å². The number of nitrogens with zero attached hydrogens (tertiary/aromatic N) is 4. The second kappa shape index (κ2) is 5.64. The van der Waals surface area contributed by atoms with Gasteiger partial charge in [-0.05, 0) is 25.8 Å². The van der Waals surface area contributed by atoms with Crippen LogP contribution in [-0.4, -0.2) is 43.1 Å². The number of aromatic nitrogens is 4. The first-order valence-electron chi connectivity index (χ1n) is 6.13. The number of rotatable bonds is 5. The molecule has 0 saturated carbocycles. The summed E-state index contributed by atoms with van der Waals surface area (Å²) in [6, 6.07) is 0. The Hall–Kier alpha value is -2.51. The van der Waals surface area contributed by atoms with Gasteiger partial charge < -0.3 is 10.4 Å². The number of aliphatic carboxylic acids is 1. The Morgan fingerprint density at radius 3 is 2.85 bits per heavy atom. The van der Waals surface area contributed by atoms with Crippen LogP contribution >= 0.6 is 0 Å². The monoisotopic (exact) mass is 277 g/mol. The van der Waals surface area contributed by atoms with Crippen LogP contribution < -0.4 is 5.32 Å². The van der Waals surface area contributed by atoms with E-state index in [9.17, 15) is 9.59 Å². The van der Waals surface area contributed by atoms with Gasteiger partial charge in [-0.25, -0.2) is 9.50 Å². The quantitative estimate of drug-likeness (QED) is 0.788. The molecule has 8 heteroatoms. The van der Waals surface area contributed by atoms with Gasteiger partial charge >= 0.3 is 5.97 Å². The van der Waals surface area contributed by atoms with Gasteiger partial charge in [-0.1, -0.05) is 0 Å². The number of carbonyl (C=O) groups is 2. The van der Waals surface area contributed by atoms with Crippen LogP contribution in [0, 0.1) is 13.8 Å². The van der Waals surface area contributed by atoms with Crippen molar-refractivity contribution in [1.29, 1.82) is 0 Å². The molecule has 106 valence electrons. The summed E-state index contributed by atoms with van der Waals surface area (Å²) in [5.41, 5.74) is 2.61. The lowest BCUT2D eigenvalue weighted by Crippen LogP contribution is -2.29. The summed E-state index contributed by atoms with van der Waals surface area (Å²) >= 11 is 0. The third-order valence-electron chi connectivity index (χ3n) is 3.03. The van der Waals surface area contributed by atoms with Crippen LogP contribution in [0.1, 0.15) is 23.4 Å². The first kappa shape index (κ1) is 13.9. The van der Waals surface area contributed by atoms with E-state index in [0.717, 1.165) is 17.0 Å². The summed E-state index contributed by atoms with van der Waals surface area (Å²) in [4.78, 5) is 30.2. The highest BCUT2D eigenvalue weighted by atomic mass is 16.4. The van der Waals surface area contributed by atoms with Gasteiger partial charge in [0.1, 0.15) is 12.9 Å². The minimum Gasteiger partial charge on any atom is -0.480 e. The molecule has 2 aromatic rings. The van der Waals surface area contributed by atoms with E-state index in [1.54, 1.807) is 4.52 Å². The minimum absolute atomic E-state index is 0.205. The maximum atomic E-state index is 11.5. The van der Waals surface area contributed by atoms with Gasteiger partial charge in [0, 0.05) is 17.8 Å². The molecule has 0 aliphatic rings. The third kappa shape index (κ3) is 2.90. The molecule has 2 rings (SSSR count). The zero-order chi connectivity index (χ0) is 14.7. The van der Waals surface area contributed by atoms with Crippen LogP contribution in [-0.2, 0) is 16.0 Å². The SMILES string of the molecule is Cc1nc2ncnn2c(C)c1CCC(=O)NCC(=O)O. The minimum atomic E-state index is -1.06. The van der Waals surface area contributed by atoms with Gasteiger partial charge in [-0.3, -0.25) is 9.59 Å². The average molecular weight is 277 g/mol. The molecule has 0 unspecified atom stereocenters. The lowest BCUT2D eigenvalue weighted by Gasteiger charge is -2.10. The van der Waals surface area contributed by atoms with Crippen LogP contribution in [0.5, 0.6) is 0 Å². The van der Waals surface area contributed by atoms with Crippen molar-refractivity contribution >= 4 is 17.7 Å². The fourth-order valence-electron chi connectivity index (χ4n) is 2.02. The van der Waals surface area contributed by atoms with E-state index >= 15 is 0 Å². The van der Waals surface area contributed by atoms with Gasteiger partial charge in [-0.15, -0.1) is 0 Å². The number of carboxylic acids is 1. The highest BCUT2D eigenvalue weighted by Crippen LogP contribution is 2.14. The van der Waals surface area contributed by atoms with Crippen LogP contribution in [0.2, 0.25) is 0 Å². The maximum absolute atomic E-state index is 11.5. The molecular formula is C12H15N5O3. The lowest BCUT2D eigenvalue weighted by molar-refractivity contribution is -0.137. The van der Waals surface area contributed by atoms with Crippen molar-refractivity contribution in [2.45, 2.75) is 26.7 Å². The van der Waals surface area contributed by atoms with E-state index < -0.39 is 5.97 Å². The van der Waals surface area contributed by atoms with Crippen molar-refractivity contribution in [3.8, 4) is 0 Å². The maximum Gasteiger partial charge on any atom is 0.322 e. The molecule has 0 bridgehead atoms. The number of hydrogen-bond donors (Lipinski definition) is 2. The second-order valence-electron chi connectivity index (χ2n) is 4.40.